The standard InChI is InChI=1S/C19H20Cl2FN3O2/c1-4-11-7-13-12(5-6-23-18(13)27-3)10(2)25(11)19(26)24-17-9-15(21)14(20)8-16(17)22/h5-6,8-11H,4,7H2,1-3H3,(H,24,26). The summed E-state index contributed by atoms with van der Waals surface area (Å²) in [5.41, 5.74) is 1.97. The molecular weight excluding hydrogens is 392 g/mol. The topological polar surface area (TPSA) is 54.5 Å². The summed E-state index contributed by atoms with van der Waals surface area (Å²) in [7, 11) is 1.58. The molecule has 1 N–H and O–H groups in total. The van der Waals surface area contributed by atoms with E-state index in [2.05, 4.69) is 10.3 Å². The molecule has 1 aliphatic heterocycles. The van der Waals surface area contributed by atoms with Crippen molar-refractivity contribution in [2.75, 3.05) is 12.4 Å². The van der Waals surface area contributed by atoms with E-state index in [4.69, 9.17) is 27.9 Å². The summed E-state index contributed by atoms with van der Waals surface area (Å²) in [6.45, 7) is 3.94. The van der Waals surface area contributed by atoms with Crippen molar-refractivity contribution in [3.63, 3.8) is 0 Å². The second-order valence-corrected chi connectivity index (χ2v) is 7.23. The highest BCUT2D eigenvalue weighted by atomic mass is 35.5. The highest BCUT2D eigenvalue weighted by Gasteiger charge is 2.36. The van der Waals surface area contributed by atoms with Gasteiger partial charge in [0.2, 0.25) is 5.88 Å². The number of carbonyl (C=O) groups is 1. The fourth-order valence-corrected chi connectivity index (χ4v) is 3.85. The van der Waals surface area contributed by atoms with Crippen molar-refractivity contribution in [2.45, 2.75) is 38.8 Å². The lowest BCUT2D eigenvalue weighted by Crippen LogP contribution is -2.48. The molecule has 1 aromatic carbocycles. The third-order valence-electron chi connectivity index (χ3n) is 4.90. The van der Waals surface area contributed by atoms with Crippen LogP contribution in [0, 0.1) is 5.82 Å². The maximum Gasteiger partial charge on any atom is 0.322 e. The zero-order valence-corrected chi connectivity index (χ0v) is 16.7. The molecular formula is C19H20Cl2FN3O2. The molecule has 8 heteroatoms. The van der Waals surface area contributed by atoms with Gasteiger partial charge in [0.05, 0.1) is 28.9 Å². The number of methoxy groups -OCH3 is 1. The minimum Gasteiger partial charge on any atom is -0.481 e. The molecule has 0 bridgehead atoms. The van der Waals surface area contributed by atoms with E-state index in [1.165, 1.54) is 6.07 Å². The number of halogens is 3. The number of aromatic nitrogens is 1. The second kappa shape index (κ2) is 7.90. The number of benzene rings is 1. The highest BCUT2D eigenvalue weighted by Crippen LogP contribution is 2.38. The van der Waals surface area contributed by atoms with Gasteiger partial charge in [-0.1, -0.05) is 30.1 Å². The van der Waals surface area contributed by atoms with Crippen LogP contribution >= 0.6 is 23.2 Å². The van der Waals surface area contributed by atoms with Gasteiger partial charge in [0.15, 0.2) is 0 Å². The smallest absolute Gasteiger partial charge is 0.322 e. The van der Waals surface area contributed by atoms with E-state index in [0.29, 0.717) is 12.3 Å². The van der Waals surface area contributed by atoms with Crippen LogP contribution in [0.1, 0.15) is 37.4 Å². The van der Waals surface area contributed by atoms with Crippen molar-refractivity contribution in [3.8, 4) is 5.88 Å². The molecule has 0 saturated carbocycles. The van der Waals surface area contributed by atoms with Crippen LogP contribution < -0.4 is 10.1 Å². The SMILES string of the molecule is CCC1Cc2c(ccnc2OC)C(C)N1C(=O)Nc1cc(Cl)c(Cl)cc1F. The molecule has 27 heavy (non-hydrogen) atoms. The number of ether oxygens (including phenoxy) is 1. The van der Waals surface area contributed by atoms with Gasteiger partial charge in [-0.15, -0.1) is 0 Å². The summed E-state index contributed by atoms with van der Waals surface area (Å²) >= 11 is 11.8. The number of rotatable bonds is 3. The van der Waals surface area contributed by atoms with Gasteiger partial charge in [0.25, 0.3) is 0 Å². The Labute approximate surface area is 167 Å². The van der Waals surface area contributed by atoms with Crippen LogP contribution in [-0.2, 0) is 6.42 Å². The van der Waals surface area contributed by atoms with Crippen molar-refractivity contribution in [2.24, 2.45) is 0 Å². The first-order valence-corrected chi connectivity index (χ1v) is 9.38. The van der Waals surface area contributed by atoms with Crippen molar-refractivity contribution in [1.82, 2.24) is 9.88 Å². The zero-order chi connectivity index (χ0) is 19.7. The van der Waals surface area contributed by atoms with Gasteiger partial charge < -0.3 is 15.0 Å². The minimum atomic E-state index is -0.637. The number of fused-ring (bicyclic) bond motifs is 1. The second-order valence-electron chi connectivity index (χ2n) is 6.41. The summed E-state index contributed by atoms with van der Waals surface area (Å²) in [6, 6.07) is 3.59. The maximum atomic E-state index is 14.2. The van der Waals surface area contributed by atoms with Crippen molar-refractivity contribution >= 4 is 34.9 Å². The molecule has 0 radical (unpaired) electrons. The molecule has 144 valence electrons. The number of anilines is 1. The predicted octanol–water partition coefficient (Wildman–Crippen LogP) is 5.47. The van der Waals surface area contributed by atoms with Crippen molar-refractivity contribution < 1.29 is 13.9 Å². The van der Waals surface area contributed by atoms with Crippen molar-refractivity contribution in [1.29, 1.82) is 0 Å². The van der Waals surface area contributed by atoms with Gasteiger partial charge in [-0.25, -0.2) is 14.2 Å². The lowest BCUT2D eigenvalue weighted by atomic mass is 9.89. The third-order valence-corrected chi connectivity index (χ3v) is 5.63. The van der Waals surface area contributed by atoms with Gasteiger partial charge in [-0.05, 0) is 43.5 Å². The van der Waals surface area contributed by atoms with Crippen LogP contribution in [0.4, 0.5) is 14.9 Å². The minimum absolute atomic E-state index is 0.00504. The molecule has 2 unspecified atom stereocenters. The lowest BCUT2D eigenvalue weighted by Gasteiger charge is -2.41. The number of amides is 2. The monoisotopic (exact) mass is 411 g/mol. The van der Waals surface area contributed by atoms with Gasteiger partial charge in [-0.2, -0.15) is 0 Å². The Morgan fingerprint density at radius 3 is 2.78 bits per heavy atom. The average molecular weight is 412 g/mol. The van der Waals surface area contributed by atoms with Crippen LogP contribution in [0.5, 0.6) is 5.88 Å². The summed E-state index contributed by atoms with van der Waals surface area (Å²) in [5, 5.41) is 2.89. The number of pyridine rings is 1. The molecule has 1 aromatic heterocycles. The number of hydrogen-bond acceptors (Lipinski definition) is 3. The molecule has 5 nitrogen and oxygen atoms in total. The van der Waals surface area contributed by atoms with Crippen LogP contribution in [0.3, 0.4) is 0 Å². The Kier molecular flexibility index (Phi) is 5.77. The van der Waals surface area contributed by atoms with Gasteiger partial charge in [0, 0.05) is 17.8 Å². The molecule has 0 aliphatic carbocycles. The molecule has 0 saturated heterocycles. The molecule has 1 aliphatic rings. The third kappa shape index (κ3) is 3.69. The molecule has 3 rings (SSSR count). The van der Waals surface area contributed by atoms with Crippen LogP contribution in [0.15, 0.2) is 24.4 Å². The van der Waals surface area contributed by atoms with Gasteiger partial charge in [-0.3, -0.25) is 0 Å². The average Bonchev–Trinajstić information content (AvgIpc) is 2.65. The molecule has 2 amide bonds. The summed E-state index contributed by atoms with van der Waals surface area (Å²) < 4.78 is 19.5. The lowest BCUT2D eigenvalue weighted by molar-refractivity contribution is 0.147. The first-order valence-electron chi connectivity index (χ1n) is 8.63. The van der Waals surface area contributed by atoms with Gasteiger partial charge in [0.1, 0.15) is 5.82 Å². The van der Waals surface area contributed by atoms with E-state index in [1.54, 1.807) is 18.2 Å². The zero-order valence-electron chi connectivity index (χ0n) is 15.2. The van der Waals surface area contributed by atoms with Crippen LogP contribution in [0.25, 0.3) is 0 Å². The normalized spacial score (nSPS) is 18.8. The van der Waals surface area contributed by atoms with E-state index in [-0.39, 0.29) is 27.8 Å². The van der Waals surface area contributed by atoms with Crippen LogP contribution in [0.2, 0.25) is 10.0 Å². The van der Waals surface area contributed by atoms with Gasteiger partial charge >= 0.3 is 6.03 Å². The van der Waals surface area contributed by atoms with Crippen LogP contribution in [-0.4, -0.2) is 29.1 Å². The predicted molar refractivity (Wildman–Crippen MR) is 104 cm³/mol. The number of hydrogen-bond donors (Lipinski definition) is 1. The molecule has 2 heterocycles. The fraction of sp³-hybridized carbons (Fsp3) is 0.368. The first-order chi connectivity index (χ1) is 12.9. The Morgan fingerprint density at radius 2 is 2.11 bits per heavy atom. The molecule has 2 atom stereocenters. The largest absolute Gasteiger partial charge is 0.481 e. The fourth-order valence-electron chi connectivity index (χ4n) is 3.54. The van der Waals surface area contributed by atoms with E-state index in [9.17, 15) is 9.18 Å². The van der Waals surface area contributed by atoms with E-state index < -0.39 is 11.8 Å². The maximum absolute atomic E-state index is 14.2. The Balaban J connectivity index is 1.93. The molecule has 0 spiro atoms. The van der Waals surface area contributed by atoms with E-state index >= 15 is 0 Å². The van der Waals surface area contributed by atoms with E-state index in [0.717, 1.165) is 23.6 Å². The number of nitrogens with one attached hydrogen (secondary N) is 1. The number of urea groups is 1. The quantitative estimate of drug-likeness (QED) is 0.681. The Bertz CT molecular complexity index is 878. The molecule has 0 fully saturated rings. The summed E-state index contributed by atoms with van der Waals surface area (Å²) in [6.07, 6.45) is 3.01. The van der Waals surface area contributed by atoms with E-state index in [1.807, 2.05) is 19.9 Å². The first kappa shape index (κ1) is 19.7. The number of carbonyl (C=O) groups excluding carboxylic acids is 1. The Hall–Kier alpha value is -2.05. The summed E-state index contributed by atoms with van der Waals surface area (Å²) in [4.78, 5) is 19.0. The molecule has 2 aromatic rings. The Morgan fingerprint density at radius 1 is 1.41 bits per heavy atom. The van der Waals surface area contributed by atoms with Crippen molar-refractivity contribution in [3.05, 3.63) is 51.4 Å². The highest BCUT2D eigenvalue weighted by molar-refractivity contribution is 6.42. The number of nitrogens with zero attached hydrogens (tertiary/aromatic N) is 2. The summed E-state index contributed by atoms with van der Waals surface area (Å²) in [5.74, 6) is -0.0601.